The molecule has 0 aliphatic heterocycles. The normalized spacial score (nSPS) is 10.7. The third kappa shape index (κ3) is 4.17. The number of halogens is 1. The van der Waals surface area contributed by atoms with Crippen molar-refractivity contribution in [2.45, 2.75) is 0 Å². The van der Waals surface area contributed by atoms with Crippen molar-refractivity contribution in [3.8, 4) is 11.5 Å². The first-order chi connectivity index (χ1) is 11.7. The van der Waals surface area contributed by atoms with Gasteiger partial charge in [0.15, 0.2) is 5.78 Å². The van der Waals surface area contributed by atoms with Gasteiger partial charge in [0.25, 0.3) is 0 Å². The fraction of sp³-hybridized carbons (Fsp3) is 0. The molecule has 0 unspecified atom stereocenters. The number of allylic oxidation sites excluding steroid dienone is 1. The quantitative estimate of drug-likeness (QED) is 0.458. The predicted molar refractivity (Wildman–Crippen MR) is 92.7 cm³/mol. The maximum absolute atomic E-state index is 12.9. The molecule has 0 bridgehead atoms. The minimum absolute atomic E-state index is 0.176. The van der Waals surface area contributed by atoms with Crippen LogP contribution in [-0.2, 0) is 0 Å². The highest BCUT2D eigenvalue weighted by molar-refractivity contribution is 6.06. The van der Waals surface area contributed by atoms with Crippen molar-refractivity contribution in [3.05, 3.63) is 102 Å². The molecule has 3 heteroatoms. The van der Waals surface area contributed by atoms with E-state index >= 15 is 0 Å². The molecule has 0 saturated heterocycles. The van der Waals surface area contributed by atoms with E-state index in [1.54, 1.807) is 6.08 Å². The van der Waals surface area contributed by atoms with E-state index in [0.29, 0.717) is 11.3 Å². The Morgan fingerprint density at radius 3 is 2.29 bits per heavy atom. The smallest absolute Gasteiger partial charge is 0.185 e. The van der Waals surface area contributed by atoms with Gasteiger partial charge in [-0.1, -0.05) is 36.4 Å². The summed E-state index contributed by atoms with van der Waals surface area (Å²) < 4.78 is 18.6. The highest BCUT2D eigenvalue weighted by Crippen LogP contribution is 2.22. The van der Waals surface area contributed by atoms with Gasteiger partial charge >= 0.3 is 0 Å². The molecule has 2 nitrogen and oxygen atoms in total. The number of carbonyl (C=O) groups is 1. The van der Waals surface area contributed by atoms with Crippen molar-refractivity contribution in [1.82, 2.24) is 0 Å². The van der Waals surface area contributed by atoms with Crippen molar-refractivity contribution in [1.29, 1.82) is 0 Å². The molecule has 0 amide bonds. The Kier molecular flexibility index (Phi) is 4.82. The SMILES string of the molecule is O=C(C=Cc1cccc(Oc2ccccc2)c1)c1ccc(F)cc1. The molecule has 3 aromatic carbocycles. The van der Waals surface area contributed by atoms with Gasteiger partial charge in [-0.3, -0.25) is 4.79 Å². The van der Waals surface area contributed by atoms with E-state index in [1.165, 1.54) is 30.3 Å². The zero-order valence-electron chi connectivity index (χ0n) is 12.9. The largest absolute Gasteiger partial charge is 0.457 e. The molecule has 0 aliphatic rings. The van der Waals surface area contributed by atoms with E-state index in [-0.39, 0.29) is 11.6 Å². The second-order valence-corrected chi connectivity index (χ2v) is 5.19. The van der Waals surface area contributed by atoms with Gasteiger partial charge in [0.1, 0.15) is 17.3 Å². The molecule has 0 aliphatic carbocycles. The van der Waals surface area contributed by atoms with Gasteiger partial charge in [0.2, 0.25) is 0 Å². The van der Waals surface area contributed by atoms with Crippen LogP contribution in [0.15, 0.2) is 84.9 Å². The van der Waals surface area contributed by atoms with Crippen molar-refractivity contribution in [3.63, 3.8) is 0 Å². The van der Waals surface area contributed by atoms with Gasteiger partial charge in [0.05, 0.1) is 0 Å². The van der Waals surface area contributed by atoms with E-state index < -0.39 is 0 Å². The fourth-order valence-electron chi connectivity index (χ4n) is 2.19. The Morgan fingerprint density at radius 2 is 1.54 bits per heavy atom. The third-order valence-electron chi connectivity index (χ3n) is 3.39. The summed E-state index contributed by atoms with van der Waals surface area (Å²) in [6.07, 6.45) is 3.18. The molecule has 0 fully saturated rings. The van der Waals surface area contributed by atoms with Gasteiger partial charge in [-0.25, -0.2) is 4.39 Å². The molecule has 118 valence electrons. The van der Waals surface area contributed by atoms with Gasteiger partial charge in [-0.2, -0.15) is 0 Å². The topological polar surface area (TPSA) is 26.3 Å². The minimum Gasteiger partial charge on any atom is -0.457 e. The zero-order chi connectivity index (χ0) is 16.8. The number of benzene rings is 3. The molecular formula is C21H15FO2. The van der Waals surface area contributed by atoms with Crippen LogP contribution < -0.4 is 4.74 Å². The number of para-hydroxylation sites is 1. The maximum atomic E-state index is 12.9. The Labute approximate surface area is 139 Å². The highest BCUT2D eigenvalue weighted by atomic mass is 19.1. The Bertz CT molecular complexity index is 853. The van der Waals surface area contributed by atoms with Gasteiger partial charge < -0.3 is 4.74 Å². The van der Waals surface area contributed by atoms with Crippen LogP contribution in [0.1, 0.15) is 15.9 Å². The number of ether oxygens (including phenoxy) is 1. The molecule has 0 heterocycles. The molecular weight excluding hydrogens is 303 g/mol. The van der Waals surface area contributed by atoms with Crippen molar-refractivity contribution < 1.29 is 13.9 Å². The first-order valence-electron chi connectivity index (χ1n) is 7.52. The number of carbonyl (C=O) groups excluding carboxylic acids is 1. The number of ketones is 1. The molecule has 0 saturated carbocycles. The second kappa shape index (κ2) is 7.38. The van der Waals surface area contributed by atoms with Crippen LogP contribution in [0.3, 0.4) is 0 Å². The van der Waals surface area contributed by atoms with Crippen molar-refractivity contribution >= 4 is 11.9 Å². The zero-order valence-corrected chi connectivity index (χ0v) is 12.9. The monoisotopic (exact) mass is 318 g/mol. The number of rotatable bonds is 5. The average molecular weight is 318 g/mol. The molecule has 0 aromatic heterocycles. The van der Waals surface area contributed by atoms with Crippen molar-refractivity contribution in [2.24, 2.45) is 0 Å². The summed E-state index contributed by atoms with van der Waals surface area (Å²) in [5.74, 6) is 0.907. The molecule has 0 atom stereocenters. The molecule has 3 rings (SSSR count). The van der Waals surface area contributed by atoms with Gasteiger partial charge in [0, 0.05) is 5.56 Å². The summed E-state index contributed by atoms with van der Waals surface area (Å²) in [4.78, 5) is 12.1. The Balaban J connectivity index is 1.72. The number of hydrogen-bond acceptors (Lipinski definition) is 2. The molecule has 0 radical (unpaired) electrons. The van der Waals surface area contributed by atoms with Crippen LogP contribution in [0, 0.1) is 5.82 Å². The summed E-state index contributed by atoms with van der Waals surface area (Å²) in [5, 5.41) is 0. The van der Waals surface area contributed by atoms with E-state index in [1.807, 2.05) is 54.6 Å². The van der Waals surface area contributed by atoms with Crippen LogP contribution in [0.25, 0.3) is 6.08 Å². The molecule has 0 spiro atoms. The van der Waals surface area contributed by atoms with Crippen LogP contribution in [0.5, 0.6) is 11.5 Å². The lowest BCUT2D eigenvalue weighted by molar-refractivity contribution is 0.104. The highest BCUT2D eigenvalue weighted by Gasteiger charge is 2.02. The summed E-state index contributed by atoms with van der Waals surface area (Å²) >= 11 is 0. The lowest BCUT2D eigenvalue weighted by atomic mass is 10.1. The van der Waals surface area contributed by atoms with E-state index in [9.17, 15) is 9.18 Å². The summed E-state index contributed by atoms with van der Waals surface area (Å²) in [5.41, 5.74) is 1.29. The van der Waals surface area contributed by atoms with E-state index in [0.717, 1.165) is 11.3 Å². The fourth-order valence-corrected chi connectivity index (χ4v) is 2.19. The number of hydrogen-bond donors (Lipinski definition) is 0. The Hall–Kier alpha value is -3.20. The Morgan fingerprint density at radius 1 is 0.833 bits per heavy atom. The minimum atomic E-state index is -0.360. The van der Waals surface area contributed by atoms with Gasteiger partial charge in [-0.15, -0.1) is 0 Å². The molecule has 24 heavy (non-hydrogen) atoms. The van der Waals surface area contributed by atoms with Gasteiger partial charge in [-0.05, 0) is 60.2 Å². The third-order valence-corrected chi connectivity index (χ3v) is 3.39. The lowest BCUT2D eigenvalue weighted by Gasteiger charge is -2.05. The maximum Gasteiger partial charge on any atom is 0.185 e. The molecule has 3 aromatic rings. The summed E-state index contributed by atoms with van der Waals surface area (Å²) in [7, 11) is 0. The van der Waals surface area contributed by atoms with Crippen molar-refractivity contribution in [2.75, 3.05) is 0 Å². The first-order valence-corrected chi connectivity index (χ1v) is 7.52. The first kappa shape index (κ1) is 15.7. The summed E-state index contributed by atoms with van der Waals surface area (Å²) in [6, 6.07) is 22.4. The predicted octanol–water partition coefficient (Wildman–Crippen LogP) is 5.51. The lowest BCUT2D eigenvalue weighted by Crippen LogP contribution is -1.93. The second-order valence-electron chi connectivity index (χ2n) is 5.19. The van der Waals surface area contributed by atoms with E-state index in [4.69, 9.17) is 4.74 Å². The molecule has 0 N–H and O–H groups in total. The van der Waals surface area contributed by atoms with Crippen LogP contribution in [0.2, 0.25) is 0 Å². The van der Waals surface area contributed by atoms with Crippen LogP contribution in [0.4, 0.5) is 4.39 Å². The standard InChI is InChI=1S/C21H15FO2/c22-18-12-10-17(11-13-18)21(23)14-9-16-5-4-8-20(15-16)24-19-6-2-1-3-7-19/h1-15H. The van der Waals surface area contributed by atoms with Crippen LogP contribution in [-0.4, -0.2) is 5.78 Å². The van der Waals surface area contributed by atoms with E-state index in [2.05, 4.69) is 0 Å². The summed E-state index contributed by atoms with van der Waals surface area (Å²) in [6.45, 7) is 0. The van der Waals surface area contributed by atoms with Crippen LogP contribution >= 0.6 is 0 Å². The average Bonchev–Trinajstić information content (AvgIpc) is 2.61.